The van der Waals surface area contributed by atoms with E-state index in [2.05, 4.69) is 15.3 Å². The molecule has 0 bridgehead atoms. The number of aromatic nitrogens is 2. The van der Waals surface area contributed by atoms with Crippen molar-refractivity contribution in [3.05, 3.63) is 12.3 Å². The van der Waals surface area contributed by atoms with Crippen molar-refractivity contribution in [2.75, 3.05) is 19.0 Å². The van der Waals surface area contributed by atoms with Gasteiger partial charge in [0.05, 0.1) is 7.11 Å². The van der Waals surface area contributed by atoms with Crippen molar-refractivity contribution in [3.63, 3.8) is 0 Å². The summed E-state index contributed by atoms with van der Waals surface area (Å²) in [6, 6.07) is 1.94. The fourth-order valence-electron chi connectivity index (χ4n) is 1.22. The van der Waals surface area contributed by atoms with Crippen LogP contribution in [0.25, 0.3) is 0 Å². The van der Waals surface area contributed by atoms with Gasteiger partial charge >= 0.3 is 0 Å². The van der Waals surface area contributed by atoms with Crippen molar-refractivity contribution >= 4 is 5.95 Å². The standard InChI is InChI=1S/C10H17N3O2/c1-8(4-3-7-14)12-10-11-6-5-9(13-10)15-2/h5-6,8,14H,3-4,7H2,1-2H3,(H,11,12,13). The van der Waals surface area contributed by atoms with E-state index in [0.717, 1.165) is 12.8 Å². The Kier molecular flexibility index (Phi) is 4.83. The number of aliphatic hydroxyl groups is 1. The summed E-state index contributed by atoms with van der Waals surface area (Å²) in [5.74, 6) is 1.10. The number of hydrogen-bond donors (Lipinski definition) is 2. The van der Waals surface area contributed by atoms with Crippen LogP contribution in [0.4, 0.5) is 5.95 Å². The molecule has 1 rings (SSSR count). The molecule has 0 spiro atoms. The molecule has 5 nitrogen and oxygen atoms in total. The maximum Gasteiger partial charge on any atom is 0.226 e. The molecule has 1 heterocycles. The van der Waals surface area contributed by atoms with Gasteiger partial charge in [-0.2, -0.15) is 4.98 Å². The van der Waals surface area contributed by atoms with Gasteiger partial charge in [0.2, 0.25) is 11.8 Å². The van der Waals surface area contributed by atoms with Crippen molar-refractivity contribution in [3.8, 4) is 5.88 Å². The van der Waals surface area contributed by atoms with Gasteiger partial charge in [0, 0.05) is 24.9 Å². The second kappa shape index (κ2) is 6.19. The third-order valence-electron chi connectivity index (χ3n) is 2.01. The zero-order valence-corrected chi connectivity index (χ0v) is 9.10. The summed E-state index contributed by atoms with van der Waals surface area (Å²) < 4.78 is 4.99. The van der Waals surface area contributed by atoms with Crippen LogP contribution in [-0.4, -0.2) is 34.8 Å². The molecule has 5 heteroatoms. The van der Waals surface area contributed by atoms with Crippen molar-refractivity contribution in [1.82, 2.24) is 9.97 Å². The average molecular weight is 211 g/mol. The molecular weight excluding hydrogens is 194 g/mol. The van der Waals surface area contributed by atoms with Crippen molar-refractivity contribution in [1.29, 1.82) is 0 Å². The Morgan fingerprint density at radius 1 is 1.60 bits per heavy atom. The maximum absolute atomic E-state index is 8.68. The number of aliphatic hydroxyl groups excluding tert-OH is 1. The zero-order valence-electron chi connectivity index (χ0n) is 9.10. The molecule has 1 unspecified atom stereocenters. The summed E-state index contributed by atoms with van der Waals surface area (Å²) in [6.07, 6.45) is 3.31. The summed E-state index contributed by atoms with van der Waals surface area (Å²) in [4.78, 5) is 8.20. The van der Waals surface area contributed by atoms with Crippen LogP contribution in [0.5, 0.6) is 5.88 Å². The number of nitrogens with zero attached hydrogens (tertiary/aromatic N) is 2. The molecule has 0 aliphatic carbocycles. The second-order valence-electron chi connectivity index (χ2n) is 3.33. The van der Waals surface area contributed by atoms with Crippen LogP contribution in [0.15, 0.2) is 12.3 Å². The first kappa shape index (κ1) is 11.7. The highest BCUT2D eigenvalue weighted by Gasteiger charge is 2.04. The summed E-state index contributed by atoms with van der Waals surface area (Å²) in [5.41, 5.74) is 0. The average Bonchev–Trinajstić information content (AvgIpc) is 2.26. The molecule has 1 aromatic rings. The van der Waals surface area contributed by atoms with Gasteiger partial charge in [-0.25, -0.2) is 4.98 Å². The second-order valence-corrected chi connectivity index (χ2v) is 3.33. The van der Waals surface area contributed by atoms with Crippen LogP contribution in [0.1, 0.15) is 19.8 Å². The summed E-state index contributed by atoms with van der Waals surface area (Å²) in [5, 5.41) is 11.8. The molecule has 1 aromatic heterocycles. The van der Waals surface area contributed by atoms with Crippen LogP contribution in [-0.2, 0) is 0 Å². The van der Waals surface area contributed by atoms with Crippen LogP contribution >= 0.6 is 0 Å². The molecule has 0 aromatic carbocycles. The van der Waals surface area contributed by atoms with Gasteiger partial charge in [-0.3, -0.25) is 0 Å². The van der Waals surface area contributed by atoms with E-state index in [-0.39, 0.29) is 12.6 Å². The lowest BCUT2D eigenvalue weighted by Gasteiger charge is -2.12. The number of methoxy groups -OCH3 is 1. The maximum atomic E-state index is 8.68. The molecule has 84 valence electrons. The largest absolute Gasteiger partial charge is 0.481 e. The first-order valence-electron chi connectivity index (χ1n) is 5.00. The Hall–Kier alpha value is -1.36. The highest BCUT2D eigenvalue weighted by atomic mass is 16.5. The van der Waals surface area contributed by atoms with Crippen molar-refractivity contribution in [2.45, 2.75) is 25.8 Å². The number of hydrogen-bond acceptors (Lipinski definition) is 5. The molecule has 0 aliphatic rings. The number of ether oxygens (including phenoxy) is 1. The van der Waals surface area contributed by atoms with Gasteiger partial charge in [0.15, 0.2) is 0 Å². The van der Waals surface area contributed by atoms with E-state index in [1.54, 1.807) is 19.4 Å². The lowest BCUT2D eigenvalue weighted by molar-refractivity contribution is 0.282. The van der Waals surface area contributed by atoms with Crippen LogP contribution in [0.3, 0.4) is 0 Å². The molecule has 0 radical (unpaired) electrons. The lowest BCUT2D eigenvalue weighted by Crippen LogP contribution is -2.17. The van der Waals surface area contributed by atoms with Gasteiger partial charge in [0.1, 0.15) is 0 Å². The number of anilines is 1. The van der Waals surface area contributed by atoms with E-state index in [1.807, 2.05) is 6.92 Å². The van der Waals surface area contributed by atoms with E-state index in [1.165, 1.54) is 0 Å². The third-order valence-corrected chi connectivity index (χ3v) is 2.01. The monoisotopic (exact) mass is 211 g/mol. The number of nitrogens with one attached hydrogen (secondary N) is 1. The van der Waals surface area contributed by atoms with Crippen molar-refractivity contribution < 1.29 is 9.84 Å². The topological polar surface area (TPSA) is 67.3 Å². The van der Waals surface area contributed by atoms with Crippen LogP contribution in [0.2, 0.25) is 0 Å². The molecule has 2 N–H and O–H groups in total. The Balaban J connectivity index is 2.48. The Morgan fingerprint density at radius 2 is 2.40 bits per heavy atom. The van der Waals surface area contributed by atoms with E-state index < -0.39 is 0 Å². The van der Waals surface area contributed by atoms with Gasteiger partial charge in [0.25, 0.3) is 0 Å². The quantitative estimate of drug-likeness (QED) is 0.736. The minimum Gasteiger partial charge on any atom is -0.481 e. The fraction of sp³-hybridized carbons (Fsp3) is 0.600. The Labute approximate surface area is 89.5 Å². The third kappa shape index (κ3) is 4.12. The first-order valence-corrected chi connectivity index (χ1v) is 5.00. The Morgan fingerprint density at radius 3 is 3.07 bits per heavy atom. The fourth-order valence-corrected chi connectivity index (χ4v) is 1.22. The lowest BCUT2D eigenvalue weighted by atomic mass is 10.2. The molecule has 0 amide bonds. The number of rotatable bonds is 6. The summed E-state index contributed by atoms with van der Waals surface area (Å²) >= 11 is 0. The minimum absolute atomic E-state index is 0.213. The predicted octanol–water partition coefficient (Wildman–Crippen LogP) is 1.06. The molecular formula is C10H17N3O2. The van der Waals surface area contributed by atoms with E-state index in [0.29, 0.717) is 11.8 Å². The summed E-state index contributed by atoms with van der Waals surface area (Å²) in [7, 11) is 1.57. The predicted molar refractivity (Wildman–Crippen MR) is 58.0 cm³/mol. The molecule has 0 aliphatic heterocycles. The van der Waals surface area contributed by atoms with Gasteiger partial charge in [-0.05, 0) is 19.8 Å². The highest BCUT2D eigenvalue weighted by molar-refractivity contribution is 5.28. The van der Waals surface area contributed by atoms with E-state index in [9.17, 15) is 0 Å². The van der Waals surface area contributed by atoms with Crippen LogP contribution in [0, 0.1) is 0 Å². The first-order chi connectivity index (χ1) is 7.26. The smallest absolute Gasteiger partial charge is 0.226 e. The molecule has 15 heavy (non-hydrogen) atoms. The highest BCUT2D eigenvalue weighted by Crippen LogP contribution is 2.09. The minimum atomic E-state index is 0.213. The van der Waals surface area contributed by atoms with Gasteiger partial charge in [-0.15, -0.1) is 0 Å². The molecule has 0 fully saturated rings. The van der Waals surface area contributed by atoms with Crippen molar-refractivity contribution in [2.24, 2.45) is 0 Å². The van der Waals surface area contributed by atoms with Gasteiger partial charge < -0.3 is 15.2 Å². The van der Waals surface area contributed by atoms with Gasteiger partial charge in [-0.1, -0.05) is 0 Å². The summed E-state index contributed by atoms with van der Waals surface area (Å²) in [6.45, 7) is 2.24. The molecule has 1 atom stereocenters. The Bertz CT molecular complexity index is 294. The molecule has 0 saturated carbocycles. The molecule has 0 saturated heterocycles. The SMILES string of the molecule is COc1ccnc(NC(C)CCCO)n1. The van der Waals surface area contributed by atoms with E-state index >= 15 is 0 Å². The van der Waals surface area contributed by atoms with Crippen LogP contribution < -0.4 is 10.1 Å². The zero-order chi connectivity index (χ0) is 11.1. The normalized spacial score (nSPS) is 12.2. The van der Waals surface area contributed by atoms with E-state index in [4.69, 9.17) is 9.84 Å².